The first kappa shape index (κ1) is 12.1. The van der Waals surface area contributed by atoms with E-state index in [0.29, 0.717) is 18.6 Å². The number of nitrogens with one attached hydrogen (secondary N) is 1. The average molecular weight is 211 g/mol. The standard InChI is InChI=1S/C12H21NO2/c1-5-9(3)13-10(4)11-7-8-12(15-11)14-6-2/h7-10,13H,5-6H2,1-4H3. The largest absolute Gasteiger partial charge is 0.465 e. The van der Waals surface area contributed by atoms with E-state index in [1.54, 1.807) is 0 Å². The van der Waals surface area contributed by atoms with E-state index in [4.69, 9.17) is 9.15 Å². The van der Waals surface area contributed by atoms with Crippen molar-refractivity contribution in [3.05, 3.63) is 17.9 Å². The molecule has 0 fully saturated rings. The van der Waals surface area contributed by atoms with Gasteiger partial charge in [-0.1, -0.05) is 6.92 Å². The molecule has 0 radical (unpaired) electrons. The molecule has 0 aliphatic rings. The maximum atomic E-state index is 5.55. The third kappa shape index (κ3) is 3.59. The van der Waals surface area contributed by atoms with E-state index in [2.05, 4.69) is 26.1 Å². The summed E-state index contributed by atoms with van der Waals surface area (Å²) in [5, 5.41) is 3.45. The molecule has 0 amide bonds. The Labute approximate surface area is 91.8 Å². The molecular weight excluding hydrogens is 190 g/mol. The Morgan fingerprint density at radius 2 is 2.07 bits per heavy atom. The van der Waals surface area contributed by atoms with Gasteiger partial charge in [0.05, 0.1) is 12.6 Å². The molecule has 3 heteroatoms. The highest BCUT2D eigenvalue weighted by Crippen LogP contribution is 2.21. The summed E-state index contributed by atoms with van der Waals surface area (Å²) in [5.74, 6) is 1.53. The van der Waals surface area contributed by atoms with Crippen molar-refractivity contribution >= 4 is 0 Å². The number of hydrogen-bond donors (Lipinski definition) is 1. The molecule has 1 rings (SSSR count). The molecule has 0 saturated carbocycles. The van der Waals surface area contributed by atoms with Gasteiger partial charge in [-0.15, -0.1) is 0 Å². The minimum absolute atomic E-state index is 0.231. The van der Waals surface area contributed by atoms with Crippen LogP contribution >= 0.6 is 0 Å². The zero-order chi connectivity index (χ0) is 11.3. The second-order valence-electron chi connectivity index (χ2n) is 3.79. The zero-order valence-corrected chi connectivity index (χ0v) is 10.0. The minimum atomic E-state index is 0.231. The van der Waals surface area contributed by atoms with Gasteiger partial charge in [0, 0.05) is 12.1 Å². The number of hydrogen-bond acceptors (Lipinski definition) is 3. The second-order valence-corrected chi connectivity index (χ2v) is 3.79. The fraction of sp³-hybridized carbons (Fsp3) is 0.667. The highest BCUT2D eigenvalue weighted by molar-refractivity contribution is 5.14. The highest BCUT2D eigenvalue weighted by atomic mass is 16.6. The van der Waals surface area contributed by atoms with Crippen LogP contribution < -0.4 is 10.1 Å². The molecule has 2 atom stereocenters. The van der Waals surface area contributed by atoms with Crippen LogP contribution in [0, 0.1) is 0 Å². The van der Waals surface area contributed by atoms with Crippen LogP contribution in [-0.4, -0.2) is 12.6 Å². The van der Waals surface area contributed by atoms with Gasteiger partial charge in [-0.2, -0.15) is 0 Å². The molecule has 86 valence electrons. The molecule has 0 aromatic carbocycles. The van der Waals surface area contributed by atoms with E-state index in [0.717, 1.165) is 12.2 Å². The van der Waals surface area contributed by atoms with Crippen molar-refractivity contribution in [3.63, 3.8) is 0 Å². The quantitative estimate of drug-likeness (QED) is 0.785. The SMILES string of the molecule is CCOc1ccc(C(C)NC(C)CC)o1. The monoisotopic (exact) mass is 211 g/mol. The average Bonchev–Trinajstić information content (AvgIpc) is 2.67. The van der Waals surface area contributed by atoms with Crippen LogP contribution in [0.4, 0.5) is 0 Å². The number of ether oxygens (including phenoxy) is 1. The maximum absolute atomic E-state index is 5.55. The third-order valence-corrected chi connectivity index (χ3v) is 2.46. The fourth-order valence-corrected chi connectivity index (χ4v) is 1.41. The van der Waals surface area contributed by atoms with Crippen LogP contribution in [0.2, 0.25) is 0 Å². The van der Waals surface area contributed by atoms with Crippen molar-refractivity contribution in [1.29, 1.82) is 0 Å². The summed E-state index contributed by atoms with van der Waals surface area (Å²) >= 11 is 0. The van der Waals surface area contributed by atoms with Crippen molar-refractivity contribution < 1.29 is 9.15 Å². The van der Waals surface area contributed by atoms with Crippen molar-refractivity contribution in [1.82, 2.24) is 5.32 Å². The third-order valence-electron chi connectivity index (χ3n) is 2.46. The fourth-order valence-electron chi connectivity index (χ4n) is 1.41. The van der Waals surface area contributed by atoms with E-state index >= 15 is 0 Å². The van der Waals surface area contributed by atoms with Gasteiger partial charge in [0.1, 0.15) is 5.76 Å². The summed E-state index contributed by atoms with van der Waals surface area (Å²) in [5.41, 5.74) is 0. The van der Waals surface area contributed by atoms with Gasteiger partial charge in [-0.25, -0.2) is 0 Å². The molecule has 0 aliphatic carbocycles. The molecule has 0 spiro atoms. The van der Waals surface area contributed by atoms with Crippen LogP contribution in [-0.2, 0) is 0 Å². The molecule has 1 aromatic heterocycles. The minimum Gasteiger partial charge on any atom is -0.465 e. The van der Waals surface area contributed by atoms with Crippen molar-refractivity contribution in [2.75, 3.05) is 6.61 Å². The summed E-state index contributed by atoms with van der Waals surface area (Å²) in [6.07, 6.45) is 1.11. The van der Waals surface area contributed by atoms with E-state index in [1.165, 1.54) is 0 Å². The van der Waals surface area contributed by atoms with Crippen LogP contribution in [0.5, 0.6) is 5.95 Å². The Morgan fingerprint density at radius 3 is 2.67 bits per heavy atom. The Kier molecular flexibility index (Phi) is 4.69. The van der Waals surface area contributed by atoms with Crippen LogP contribution in [0.25, 0.3) is 0 Å². The molecule has 3 nitrogen and oxygen atoms in total. The zero-order valence-electron chi connectivity index (χ0n) is 10.0. The van der Waals surface area contributed by atoms with Gasteiger partial charge in [0.2, 0.25) is 0 Å². The van der Waals surface area contributed by atoms with Gasteiger partial charge in [-0.05, 0) is 33.3 Å². The van der Waals surface area contributed by atoms with Gasteiger partial charge >= 0.3 is 0 Å². The second kappa shape index (κ2) is 5.81. The molecule has 0 aliphatic heterocycles. The van der Waals surface area contributed by atoms with Gasteiger partial charge < -0.3 is 14.5 Å². The Morgan fingerprint density at radius 1 is 1.33 bits per heavy atom. The van der Waals surface area contributed by atoms with E-state index in [9.17, 15) is 0 Å². The maximum Gasteiger partial charge on any atom is 0.284 e. The summed E-state index contributed by atoms with van der Waals surface area (Å²) in [7, 11) is 0. The Bertz CT molecular complexity index is 283. The molecule has 1 heterocycles. The van der Waals surface area contributed by atoms with Crippen LogP contribution in [0.15, 0.2) is 16.5 Å². The predicted molar refractivity (Wildman–Crippen MR) is 61.2 cm³/mol. The first-order valence-corrected chi connectivity index (χ1v) is 5.65. The molecule has 0 bridgehead atoms. The lowest BCUT2D eigenvalue weighted by Gasteiger charge is -2.16. The topological polar surface area (TPSA) is 34.4 Å². The summed E-state index contributed by atoms with van der Waals surface area (Å²) < 4.78 is 10.8. The van der Waals surface area contributed by atoms with Gasteiger partial charge in [-0.3, -0.25) is 0 Å². The van der Waals surface area contributed by atoms with Crippen molar-refractivity contribution in [2.45, 2.75) is 46.2 Å². The van der Waals surface area contributed by atoms with Gasteiger partial charge in [0.25, 0.3) is 5.95 Å². The van der Waals surface area contributed by atoms with Gasteiger partial charge in [0.15, 0.2) is 0 Å². The smallest absolute Gasteiger partial charge is 0.284 e. The number of furan rings is 1. The van der Waals surface area contributed by atoms with Crippen molar-refractivity contribution in [2.24, 2.45) is 0 Å². The lowest BCUT2D eigenvalue weighted by atomic mass is 10.2. The normalized spacial score (nSPS) is 14.9. The molecule has 15 heavy (non-hydrogen) atoms. The molecule has 1 N–H and O–H groups in total. The lowest BCUT2D eigenvalue weighted by Crippen LogP contribution is -2.27. The summed E-state index contributed by atoms with van der Waals surface area (Å²) in [6, 6.07) is 4.56. The first-order chi connectivity index (χ1) is 7.17. The van der Waals surface area contributed by atoms with Crippen LogP contribution in [0.1, 0.15) is 45.9 Å². The Balaban J connectivity index is 2.53. The molecule has 1 aromatic rings. The van der Waals surface area contributed by atoms with Crippen LogP contribution in [0.3, 0.4) is 0 Å². The van der Waals surface area contributed by atoms with Crippen molar-refractivity contribution in [3.8, 4) is 5.95 Å². The lowest BCUT2D eigenvalue weighted by molar-refractivity contribution is 0.242. The van der Waals surface area contributed by atoms with E-state index in [1.807, 2.05) is 19.1 Å². The summed E-state index contributed by atoms with van der Waals surface area (Å²) in [4.78, 5) is 0. The first-order valence-electron chi connectivity index (χ1n) is 5.65. The molecular formula is C12H21NO2. The Hall–Kier alpha value is -0.960. The van der Waals surface area contributed by atoms with E-state index in [-0.39, 0.29) is 6.04 Å². The summed E-state index contributed by atoms with van der Waals surface area (Å²) in [6.45, 7) is 9.02. The molecule has 0 saturated heterocycles. The predicted octanol–water partition coefficient (Wildman–Crippen LogP) is 3.13. The molecule has 2 unspecified atom stereocenters. The van der Waals surface area contributed by atoms with E-state index < -0.39 is 0 Å². The highest BCUT2D eigenvalue weighted by Gasteiger charge is 2.12. The number of rotatable bonds is 6.